The minimum absolute atomic E-state index is 0.0217. The number of carbonyl (C=O) groups excluding carboxylic acids is 2. The van der Waals surface area contributed by atoms with E-state index in [1.807, 2.05) is 24.3 Å². The molecule has 156 valence electrons. The van der Waals surface area contributed by atoms with Gasteiger partial charge in [0.05, 0.1) is 27.1 Å². The van der Waals surface area contributed by atoms with Gasteiger partial charge in [0, 0.05) is 13.7 Å². The molecule has 3 rings (SSSR count). The number of thiophene rings is 1. The lowest BCUT2D eigenvalue weighted by molar-refractivity contribution is 0.0953. The Balaban J connectivity index is 1.68. The Bertz CT molecular complexity index is 1080. The molecule has 3 aromatic rings. The second-order valence-electron chi connectivity index (χ2n) is 6.59. The van der Waals surface area contributed by atoms with E-state index < -0.39 is 11.7 Å². The molecule has 0 aliphatic rings. The number of amides is 2. The Hall–Kier alpha value is -2.74. The largest absolute Gasteiger partial charge is 0.380 e. The van der Waals surface area contributed by atoms with Gasteiger partial charge in [-0.1, -0.05) is 35.9 Å². The van der Waals surface area contributed by atoms with Crippen molar-refractivity contribution in [1.29, 1.82) is 0 Å². The maximum absolute atomic E-state index is 13.2. The average molecular weight is 447 g/mol. The van der Waals surface area contributed by atoms with Gasteiger partial charge in [-0.2, -0.15) is 0 Å². The molecular weight excluding hydrogens is 427 g/mol. The standard InChI is InChI=1S/C22H20ClFN2O3S/c1-13-9-19(26-21(27)17-8-7-16(24)10-18(17)23)30-20(13)22(28)25-11-14-5-3-4-6-15(14)12-29-2/h3-10H,11-12H2,1-2H3,(H,25,28)(H,26,27). The molecule has 8 heteroatoms. The zero-order valence-electron chi connectivity index (χ0n) is 16.4. The van der Waals surface area contributed by atoms with Gasteiger partial charge in [-0.3, -0.25) is 9.59 Å². The molecular formula is C22H20ClFN2O3S. The predicted octanol–water partition coefficient (Wildman–Crippen LogP) is 5.18. The topological polar surface area (TPSA) is 67.4 Å². The first-order valence-corrected chi connectivity index (χ1v) is 10.3. The first-order chi connectivity index (χ1) is 14.4. The number of methoxy groups -OCH3 is 1. The van der Waals surface area contributed by atoms with Crippen LogP contribution in [-0.4, -0.2) is 18.9 Å². The average Bonchev–Trinajstić information content (AvgIpc) is 3.07. The van der Waals surface area contributed by atoms with Gasteiger partial charge in [0.25, 0.3) is 11.8 Å². The van der Waals surface area contributed by atoms with Crippen LogP contribution < -0.4 is 10.6 Å². The van der Waals surface area contributed by atoms with E-state index in [-0.39, 0.29) is 16.5 Å². The van der Waals surface area contributed by atoms with Crippen molar-refractivity contribution in [1.82, 2.24) is 5.32 Å². The predicted molar refractivity (Wildman–Crippen MR) is 117 cm³/mol. The summed E-state index contributed by atoms with van der Waals surface area (Å²) in [4.78, 5) is 25.6. The van der Waals surface area contributed by atoms with Crippen LogP contribution in [0.3, 0.4) is 0 Å². The normalized spacial score (nSPS) is 10.7. The van der Waals surface area contributed by atoms with Gasteiger partial charge >= 0.3 is 0 Å². The molecule has 0 atom stereocenters. The van der Waals surface area contributed by atoms with Crippen LogP contribution in [0.4, 0.5) is 9.39 Å². The Morgan fingerprint density at radius 3 is 2.53 bits per heavy atom. The fourth-order valence-corrected chi connectivity index (χ4v) is 4.14. The van der Waals surface area contributed by atoms with Crippen molar-refractivity contribution in [2.24, 2.45) is 0 Å². The van der Waals surface area contributed by atoms with Gasteiger partial charge < -0.3 is 15.4 Å². The molecule has 2 amide bonds. The summed E-state index contributed by atoms with van der Waals surface area (Å²) in [6, 6.07) is 13.0. The van der Waals surface area contributed by atoms with Crippen molar-refractivity contribution >= 4 is 39.8 Å². The summed E-state index contributed by atoms with van der Waals surface area (Å²) in [7, 11) is 1.62. The number of nitrogens with one attached hydrogen (secondary N) is 2. The van der Waals surface area contributed by atoms with Gasteiger partial charge in [-0.25, -0.2) is 4.39 Å². The number of hydrogen-bond acceptors (Lipinski definition) is 4. The van der Waals surface area contributed by atoms with Crippen LogP contribution in [0.1, 0.15) is 36.7 Å². The lowest BCUT2D eigenvalue weighted by Crippen LogP contribution is -2.23. The monoisotopic (exact) mass is 446 g/mol. The van der Waals surface area contributed by atoms with Crippen LogP contribution in [-0.2, 0) is 17.9 Å². The summed E-state index contributed by atoms with van der Waals surface area (Å²) in [6.07, 6.45) is 0. The van der Waals surface area contributed by atoms with Crippen LogP contribution >= 0.6 is 22.9 Å². The third kappa shape index (κ3) is 5.24. The fourth-order valence-electron chi connectivity index (χ4n) is 2.90. The van der Waals surface area contributed by atoms with Crippen molar-refractivity contribution in [3.8, 4) is 0 Å². The molecule has 0 bridgehead atoms. The highest BCUT2D eigenvalue weighted by molar-refractivity contribution is 7.18. The minimum Gasteiger partial charge on any atom is -0.380 e. The number of halogens is 2. The van der Waals surface area contributed by atoms with Crippen LogP contribution in [0.15, 0.2) is 48.5 Å². The number of hydrogen-bond donors (Lipinski definition) is 2. The van der Waals surface area contributed by atoms with Crippen molar-refractivity contribution in [3.05, 3.63) is 86.5 Å². The Kier molecular flexibility index (Phi) is 7.20. The second kappa shape index (κ2) is 9.84. The van der Waals surface area contributed by atoms with E-state index in [4.69, 9.17) is 16.3 Å². The first kappa shape index (κ1) is 22.0. The number of rotatable bonds is 7. The van der Waals surface area contributed by atoms with Crippen LogP contribution in [0.2, 0.25) is 5.02 Å². The van der Waals surface area contributed by atoms with Gasteiger partial charge in [0.2, 0.25) is 0 Å². The summed E-state index contributed by atoms with van der Waals surface area (Å²) in [6.45, 7) is 2.62. The van der Waals surface area contributed by atoms with Crippen molar-refractivity contribution < 1.29 is 18.7 Å². The number of benzene rings is 2. The van der Waals surface area contributed by atoms with E-state index in [9.17, 15) is 14.0 Å². The molecule has 30 heavy (non-hydrogen) atoms. The number of aryl methyl sites for hydroxylation is 1. The summed E-state index contributed by atoms with van der Waals surface area (Å²) in [5.41, 5.74) is 2.88. The zero-order valence-corrected chi connectivity index (χ0v) is 18.0. The summed E-state index contributed by atoms with van der Waals surface area (Å²) in [5, 5.41) is 6.14. The van der Waals surface area contributed by atoms with Gasteiger partial charge in [0.15, 0.2) is 0 Å². The molecule has 1 heterocycles. The highest BCUT2D eigenvalue weighted by atomic mass is 35.5. The van der Waals surface area contributed by atoms with Gasteiger partial charge in [-0.05, 0) is 47.9 Å². The Labute approximate surface area is 182 Å². The maximum atomic E-state index is 13.2. The molecule has 0 aliphatic heterocycles. The summed E-state index contributed by atoms with van der Waals surface area (Å²) in [5.74, 6) is -1.22. The molecule has 1 aromatic heterocycles. The van der Waals surface area contributed by atoms with E-state index in [0.717, 1.165) is 34.1 Å². The van der Waals surface area contributed by atoms with Crippen LogP contribution in [0.5, 0.6) is 0 Å². The maximum Gasteiger partial charge on any atom is 0.261 e. The third-order valence-corrected chi connectivity index (χ3v) is 5.86. The van der Waals surface area contributed by atoms with E-state index in [0.29, 0.717) is 23.0 Å². The molecule has 2 N–H and O–H groups in total. The van der Waals surface area contributed by atoms with Gasteiger partial charge in [-0.15, -0.1) is 11.3 Å². The van der Waals surface area contributed by atoms with Crippen LogP contribution in [0, 0.1) is 12.7 Å². The SMILES string of the molecule is COCc1ccccc1CNC(=O)c1sc(NC(=O)c2ccc(F)cc2Cl)cc1C. The van der Waals surface area contributed by atoms with Crippen molar-refractivity contribution in [3.63, 3.8) is 0 Å². The molecule has 0 unspecified atom stereocenters. The van der Waals surface area contributed by atoms with Gasteiger partial charge in [0.1, 0.15) is 5.82 Å². The zero-order chi connectivity index (χ0) is 21.7. The fraction of sp³-hybridized carbons (Fsp3) is 0.182. The summed E-state index contributed by atoms with van der Waals surface area (Å²) >= 11 is 7.11. The lowest BCUT2D eigenvalue weighted by Gasteiger charge is -2.10. The Morgan fingerprint density at radius 2 is 1.83 bits per heavy atom. The highest BCUT2D eigenvalue weighted by Gasteiger charge is 2.17. The lowest BCUT2D eigenvalue weighted by atomic mass is 10.1. The molecule has 0 radical (unpaired) electrons. The molecule has 5 nitrogen and oxygen atoms in total. The number of carbonyl (C=O) groups is 2. The summed E-state index contributed by atoms with van der Waals surface area (Å²) < 4.78 is 18.4. The number of ether oxygens (including phenoxy) is 1. The molecule has 0 saturated carbocycles. The smallest absolute Gasteiger partial charge is 0.261 e. The molecule has 2 aromatic carbocycles. The molecule has 0 spiro atoms. The van der Waals surface area contributed by atoms with E-state index in [1.165, 1.54) is 12.1 Å². The van der Waals surface area contributed by atoms with E-state index in [1.54, 1.807) is 20.1 Å². The third-order valence-electron chi connectivity index (χ3n) is 4.39. The van der Waals surface area contributed by atoms with Crippen LogP contribution in [0.25, 0.3) is 0 Å². The second-order valence-corrected chi connectivity index (χ2v) is 8.04. The van der Waals surface area contributed by atoms with Crippen molar-refractivity contribution in [2.45, 2.75) is 20.1 Å². The molecule has 0 saturated heterocycles. The Morgan fingerprint density at radius 1 is 1.10 bits per heavy atom. The minimum atomic E-state index is -0.519. The highest BCUT2D eigenvalue weighted by Crippen LogP contribution is 2.28. The molecule has 0 fully saturated rings. The van der Waals surface area contributed by atoms with Crippen molar-refractivity contribution in [2.75, 3.05) is 12.4 Å². The molecule has 0 aliphatic carbocycles. The van der Waals surface area contributed by atoms with E-state index in [2.05, 4.69) is 10.6 Å². The number of anilines is 1. The quantitative estimate of drug-likeness (QED) is 0.525. The van der Waals surface area contributed by atoms with E-state index >= 15 is 0 Å². The first-order valence-electron chi connectivity index (χ1n) is 9.09.